The molecule has 0 amide bonds. The Hall–Kier alpha value is -3.94. The fourth-order valence-corrected chi connectivity index (χ4v) is 4.95. The van der Waals surface area contributed by atoms with Crippen LogP contribution in [0.1, 0.15) is 41.5 Å². The SMILES string of the molecule is COc1ccc([C@H]2CC(=O)C3=C(C2)Nc2ccccc2N[C@H]3c2ccc(C(F)(F)F)cc2)cc1OC. The Labute approximate surface area is 206 Å². The zero-order chi connectivity index (χ0) is 25.4. The molecular weight excluding hydrogens is 469 g/mol. The molecule has 0 unspecified atom stereocenters. The van der Waals surface area contributed by atoms with Crippen LogP contribution in [0, 0.1) is 0 Å². The quantitative estimate of drug-likeness (QED) is 0.423. The Morgan fingerprint density at radius 1 is 0.833 bits per heavy atom. The standard InChI is InChI=1S/C28H25F3N2O3/c1-35-24-12-9-17(15-25(24)36-2)18-13-22-26(23(34)14-18)27(33-21-6-4-3-5-20(21)32-22)16-7-10-19(11-8-16)28(29,30)31/h3-12,15,18,27,32-33H,13-14H2,1-2H3/t18-,27+/m1/s1. The number of nitrogens with one attached hydrogen (secondary N) is 2. The number of allylic oxidation sites excluding steroid dienone is 1. The molecule has 0 radical (unpaired) electrons. The van der Waals surface area contributed by atoms with Gasteiger partial charge in [0, 0.05) is 17.7 Å². The molecule has 3 aromatic carbocycles. The second-order valence-corrected chi connectivity index (χ2v) is 8.90. The first-order valence-corrected chi connectivity index (χ1v) is 11.6. The van der Waals surface area contributed by atoms with E-state index in [0.717, 1.165) is 34.8 Å². The van der Waals surface area contributed by atoms with Gasteiger partial charge in [-0.2, -0.15) is 13.2 Å². The van der Waals surface area contributed by atoms with E-state index in [1.54, 1.807) is 14.2 Å². The van der Waals surface area contributed by atoms with Crippen molar-refractivity contribution in [1.29, 1.82) is 0 Å². The van der Waals surface area contributed by atoms with E-state index in [2.05, 4.69) is 10.6 Å². The number of carbonyl (C=O) groups excluding carboxylic acids is 1. The van der Waals surface area contributed by atoms with Crippen LogP contribution >= 0.6 is 0 Å². The summed E-state index contributed by atoms with van der Waals surface area (Å²) in [5.74, 6) is 1.04. The molecule has 2 N–H and O–H groups in total. The average Bonchev–Trinajstić information content (AvgIpc) is 3.04. The van der Waals surface area contributed by atoms with Crippen LogP contribution in [0.15, 0.2) is 78.0 Å². The van der Waals surface area contributed by atoms with Gasteiger partial charge < -0.3 is 20.1 Å². The molecule has 8 heteroatoms. The minimum Gasteiger partial charge on any atom is -0.493 e. The van der Waals surface area contributed by atoms with Crippen molar-refractivity contribution in [2.24, 2.45) is 0 Å². The number of ketones is 1. The van der Waals surface area contributed by atoms with Gasteiger partial charge in [0.15, 0.2) is 17.3 Å². The van der Waals surface area contributed by atoms with Crippen LogP contribution in [0.5, 0.6) is 11.5 Å². The Morgan fingerprint density at radius 2 is 1.50 bits per heavy atom. The lowest BCUT2D eigenvalue weighted by molar-refractivity contribution is -0.137. The van der Waals surface area contributed by atoms with Gasteiger partial charge in [0.1, 0.15) is 0 Å². The van der Waals surface area contributed by atoms with E-state index in [1.165, 1.54) is 12.1 Å². The van der Waals surface area contributed by atoms with Crippen molar-refractivity contribution in [3.63, 3.8) is 0 Å². The van der Waals surface area contributed by atoms with Gasteiger partial charge in [-0.05, 0) is 59.9 Å². The first-order valence-electron chi connectivity index (χ1n) is 11.6. The lowest BCUT2D eigenvalue weighted by Crippen LogP contribution is -2.27. The van der Waals surface area contributed by atoms with E-state index in [0.29, 0.717) is 29.1 Å². The lowest BCUT2D eigenvalue weighted by atomic mass is 9.78. The van der Waals surface area contributed by atoms with Crippen molar-refractivity contribution in [2.45, 2.75) is 31.0 Å². The third-order valence-electron chi connectivity index (χ3n) is 6.76. The van der Waals surface area contributed by atoms with Crippen LogP contribution in [-0.2, 0) is 11.0 Å². The number of Topliss-reactive ketones (excluding diaryl/α,β-unsaturated/α-hetero) is 1. The molecule has 2 aliphatic rings. The third kappa shape index (κ3) is 4.39. The van der Waals surface area contributed by atoms with Crippen molar-refractivity contribution in [3.8, 4) is 11.5 Å². The number of fused-ring (bicyclic) bond motifs is 1. The lowest BCUT2D eigenvalue weighted by Gasteiger charge is -2.30. The van der Waals surface area contributed by atoms with Crippen LogP contribution in [0.25, 0.3) is 0 Å². The molecule has 2 atom stereocenters. The second-order valence-electron chi connectivity index (χ2n) is 8.90. The molecule has 1 aliphatic heterocycles. The molecule has 3 aromatic rings. The summed E-state index contributed by atoms with van der Waals surface area (Å²) in [6.45, 7) is 0. The van der Waals surface area contributed by atoms with Crippen molar-refractivity contribution < 1.29 is 27.4 Å². The number of benzene rings is 3. The monoisotopic (exact) mass is 494 g/mol. The van der Waals surface area contributed by atoms with Gasteiger partial charge in [-0.3, -0.25) is 4.79 Å². The van der Waals surface area contributed by atoms with Gasteiger partial charge >= 0.3 is 6.18 Å². The van der Waals surface area contributed by atoms with Gasteiger partial charge in [0.05, 0.1) is 37.2 Å². The number of para-hydroxylation sites is 2. The van der Waals surface area contributed by atoms with Gasteiger partial charge in [-0.1, -0.05) is 30.3 Å². The summed E-state index contributed by atoms with van der Waals surface area (Å²) >= 11 is 0. The van der Waals surface area contributed by atoms with Crippen molar-refractivity contribution in [3.05, 3.63) is 94.7 Å². The zero-order valence-electron chi connectivity index (χ0n) is 19.8. The van der Waals surface area contributed by atoms with Gasteiger partial charge in [0.2, 0.25) is 0 Å². The first-order chi connectivity index (χ1) is 17.3. The molecule has 5 rings (SSSR count). The van der Waals surface area contributed by atoms with Crippen molar-refractivity contribution in [1.82, 2.24) is 0 Å². The van der Waals surface area contributed by atoms with E-state index in [9.17, 15) is 18.0 Å². The number of anilines is 2. The topological polar surface area (TPSA) is 59.6 Å². The number of alkyl halides is 3. The van der Waals surface area contributed by atoms with Gasteiger partial charge in [-0.25, -0.2) is 0 Å². The molecule has 5 nitrogen and oxygen atoms in total. The Balaban J connectivity index is 1.56. The smallest absolute Gasteiger partial charge is 0.416 e. The third-order valence-corrected chi connectivity index (χ3v) is 6.76. The van der Waals surface area contributed by atoms with E-state index < -0.39 is 17.8 Å². The van der Waals surface area contributed by atoms with Crippen LogP contribution in [0.2, 0.25) is 0 Å². The summed E-state index contributed by atoms with van der Waals surface area (Å²) < 4.78 is 50.3. The average molecular weight is 495 g/mol. The fourth-order valence-electron chi connectivity index (χ4n) is 4.95. The second kappa shape index (κ2) is 9.26. The number of rotatable bonds is 4. The molecule has 0 saturated carbocycles. The van der Waals surface area contributed by atoms with Crippen LogP contribution < -0.4 is 20.1 Å². The predicted octanol–water partition coefficient (Wildman–Crippen LogP) is 6.70. The highest BCUT2D eigenvalue weighted by Gasteiger charge is 2.37. The summed E-state index contributed by atoms with van der Waals surface area (Å²) in [5, 5.41) is 6.83. The van der Waals surface area contributed by atoms with Gasteiger partial charge in [-0.15, -0.1) is 0 Å². The molecule has 186 valence electrons. The summed E-state index contributed by atoms with van der Waals surface area (Å²) in [4.78, 5) is 13.6. The number of hydrogen-bond acceptors (Lipinski definition) is 5. The minimum absolute atomic E-state index is 0.0614. The van der Waals surface area contributed by atoms with Crippen molar-refractivity contribution >= 4 is 17.2 Å². The van der Waals surface area contributed by atoms with Gasteiger partial charge in [0.25, 0.3) is 0 Å². The molecule has 0 fully saturated rings. The number of methoxy groups -OCH3 is 2. The maximum atomic E-state index is 13.6. The maximum Gasteiger partial charge on any atom is 0.416 e. The molecule has 0 bridgehead atoms. The Kier molecular flexibility index (Phi) is 6.12. The van der Waals surface area contributed by atoms with E-state index in [4.69, 9.17) is 9.47 Å². The maximum absolute atomic E-state index is 13.6. The molecule has 0 aromatic heterocycles. The number of ether oxygens (including phenoxy) is 2. The van der Waals surface area contributed by atoms with Crippen LogP contribution in [0.4, 0.5) is 24.5 Å². The summed E-state index contributed by atoms with van der Waals surface area (Å²) in [5.41, 5.74) is 3.69. The normalized spacial score (nSPS) is 19.4. The predicted molar refractivity (Wildman–Crippen MR) is 131 cm³/mol. The highest BCUT2D eigenvalue weighted by Crippen LogP contribution is 2.45. The summed E-state index contributed by atoms with van der Waals surface area (Å²) in [6, 6.07) is 17.6. The van der Waals surface area contributed by atoms with Crippen LogP contribution in [-0.4, -0.2) is 20.0 Å². The van der Waals surface area contributed by atoms with E-state index in [1.807, 2.05) is 42.5 Å². The first kappa shape index (κ1) is 23.8. The highest BCUT2D eigenvalue weighted by atomic mass is 19.4. The summed E-state index contributed by atoms with van der Waals surface area (Å²) in [6.07, 6.45) is -3.60. The van der Waals surface area contributed by atoms with E-state index in [-0.39, 0.29) is 18.1 Å². The minimum atomic E-state index is -4.43. The number of carbonyl (C=O) groups is 1. The van der Waals surface area contributed by atoms with Crippen LogP contribution in [0.3, 0.4) is 0 Å². The molecule has 0 saturated heterocycles. The Morgan fingerprint density at radius 3 is 2.17 bits per heavy atom. The number of hydrogen-bond donors (Lipinski definition) is 2. The molecule has 36 heavy (non-hydrogen) atoms. The molecule has 1 aliphatic carbocycles. The molecular formula is C28H25F3N2O3. The fraction of sp³-hybridized carbons (Fsp3) is 0.250. The highest BCUT2D eigenvalue weighted by molar-refractivity contribution is 6.01. The zero-order valence-corrected chi connectivity index (χ0v) is 19.8. The Bertz CT molecular complexity index is 1330. The van der Waals surface area contributed by atoms with Crippen molar-refractivity contribution in [2.75, 3.05) is 24.9 Å². The van der Waals surface area contributed by atoms with E-state index >= 15 is 0 Å². The largest absolute Gasteiger partial charge is 0.493 e. The number of halogens is 3. The molecule has 0 spiro atoms. The summed E-state index contributed by atoms with van der Waals surface area (Å²) in [7, 11) is 3.14. The molecule has 1 heterocycles.